The van der Waals surface area contributed by atoms with Gasteiger partial charge in [0.05, 0.1) is 22.4 Å². The van der Waals surface area contributed by atoms with Crippen molar-refractivity contribution in [2.24, 2.45) is 0 Å². The molecule has 4 nitrogen and oxygen atoms in total. The van der Waals surface area contributed by atoms with Crippen molar-refractivity contribution in [1.82, 2.24) is 14.5 Å². The van der Waals surface area contributed by atoms with E-state index < -0.39 is 0 Å². The average molecular weight is 629 g/mol. The van der Waals surface area contributed by atoms with Crippen LogP contribution >= 0.6 is 0 Å². The van der Waals surface area contributed by atoms with Gasteiger partial charge in [-0.15, -0.1) is 0 Å². The Balaban J connectivity index is 1.13. The fourth-order valence-corrected chi connectivity index (χ4v) is 8.09. The molecular weight excluding hydrogens is 597 g/mol. The van der Waals surface area contributed by atoms with Gasteiger partial charge in [-0.2, -0.15) is 0 Å². The summed E-state index contributed by atoms with van der Waals surface area (Å²) in [5.74, 6) is 0.914. The number of imidazole rings is 1. The highest BCUT2D eigenvalue weighted by Crippen LogP contribution is 2.51. The van der Waals surface area contributed by atoms with Gasteiger partial charge in [0.2, 0.25) is 0 Å². The predicted molar refractivity (Wildman–Crippen MR) is 201 cm³/mol. The monoisotopic (exact) mass is 628 g/mol. The van der Waals surface area contributed by atoms with Gasteiger partial charge in [-0.1, -0.05) is 98.8 Å². The van der Waals surface area contributed by atoms with Crippen LogP contribution in [0.15, 0.2) is 158 Å². The SMILES string of the molecule is CC1(C)c2ccccc2-c2ccc(N(c3ccccc3)c3ccc(-c4nc5cccc6c5n4-c4ccccc4-c4ncccc4-6)cc3)cc21. The first kappa shape index (κ1) is 27.8. The maximum atomic E-state index is 5.26. The first-order chi connectivity index (χ1) is 24.1. The molecule has 0 saturated carbocycles. The Morgan fingerprint density at radius 1 is 0.531 bits per heavy atom. The Labute approximate surface area is 285 Å². The van der Waals surface area contributed by atoms with Crippen molar-refractivity contribution < 1.29 is 0 Å². The molecule has 3 heterocycles. The molecule has 1 aliphatic heterocycles. The number of pyridine rings is 1. The molecule has 6 aromatic carbocycles. The second-order valence-corrected chi connectivity index (χ2v) is 13.5. The Morgan fingerprint density at radius 2 is 1.20 bits per heavy atom. The molecule has 0 amide bonds. The van der Waals surface area contributed by atoms with Crippen molar-refractivity contribution in [3.05, 3.63) is 169 Å². The van der Waals surface area contributed by atoms with Gasteiger partial charge >= 0.3 is 0 Å². The third-order valence-electron chi connectivity index (χ3n) is 10.4. The van der Waals surface area contributed by atoms with E-state index in [0.717, 1.165) is 67.6 Å². The molecule has 10 rings (SSSR count). The van der Waals surface area contributed by atoms with E-state index in [1.807, 2.05) is 12.3 Å². The predicted octanol–water partition coefficient (Wildman–Crippen LogP) is 11.5. The summed E-state index contributed by atoms with van der Waals surface area (Å²) >= 11 is 0. The number of hydrogen-bond acceptors (Lipinski definition) is 3. The molecule has 0 N–H and O–H groups in total. The number of aromatic nitrogens is 3. The Bertz CT molecular complexity index is 2580. The van der Waals surface area contributed by atoms with Crippen LogP contribution in [0.4, 0.5) is 17.1 Å². The molecule has 1 aliphatic carbocycles. The molecular formula is C45H32N4. The van der Waals surface area contributed by atoms with Crippen LogP contribution in [0.25, 0.3) is 61.6 Å². The molecule has 4 heteroatoms. The molecule has 232 valence electrons. The van der Waals surface area contributed by atoms with Gasteiger partial charge in [0, 0.05) is 50.9 Å². The lowest BCUT2D eigenvalue weighted by atomic mass is 9.82. The molecule has 0 fully saturated rings. The van der Waals surface area contributed by atoms with Crippen molar-refractivity contribution in [2.75, 3.05) is 4.90 Å². The maximum absolute atomic E-state index is 5.26. The van der Waals surface area contributed by atoms with Crippen LogP contribution < -0.4 is 4.90 Å². The zero-order valence-corrected chi connectivity index (χ0v) is 27.3. The van der Waals surface area contributed by atoms with Crippen molar-refractivity contribution in [3.8, 4) is 50.6 Å². The minimum atomic E-state index is -0.0821. The van der Waals surface area contributed by atoms with Crippen molar-refractivity contribution >= 4 is 28.1 Å². The summed E-state index contributed by atoms with van der Waals surface area (Å²) in [4.78, 5) is 12.5. The minimum Gasteiger partial charge on any atom is -0.310 e. The van der Waals surface area contributed by atoms with Gasteiger partial charge < -0.3 is 4.90 Å². The van der Waals surface area contributed by atoms with Gasteiger partial charge in [0.1, 0.15) is 5.82 Å². The highest BCUT2D eigenvalue weighted by atomic mass is 15.1. The third-order valence-corrected chi connectivity index (χ3v) is 10.4. The Hall–Kier alpha value is -6.26. The summed E-state index contributed by atoms with van der Waals surface area (Å²) in [6, 6.07) is 54.4. The molecule has 2 aromatic heterocycles. The summed E-state index contributed by atoms with van der Waals surface area (Å²) in [6.45, 7) is 4.68. The van der Waals surface area contributed by atoms with E-state index in [0.29, 0.717) is 0 Å². The van der Waals surface area contributed by atoms with E-state index in [2.05, 4.69) is 169 Å². The highest BCUT2D eigenvalue weighted by Gasteiger charge is 2.35. The number of fused-ring (bicyclic) bond motifs is 8. The quantitative estimate of drug-likeness (QED) is 0.194. The topological polar surface area (TPSA) is 34.0 Å². The van der Waals surface area contributed by atoms with E-state index in [-0.39, 0.29) is 5.41 Å². The smallest absolute Gasteiger partial charge is 0.145 e. The largest absolute Gasteiger partial charge is 0.310 e. The lowest BCUT2D eigenvalue weighted by molar-refractivity contribution is 0.660. The van der Waals surface area contributed by atoms with Gasteiger partial charge in [-0.05, 0) is 89.0 Å². The lowest BCUT2D eigenvalue weighted by Gasteiger charge is -2.28. The van der Waals surface area contributed by atoms with Gasteiger partial charge in [-0.25, -0.2) is 4.98 Å². The van der Waals surface area contributed by atoms with E-state index >= 15 is 0 Å². The summed E-state index contributed by atoms with van der Waals surface area (Å²) in [5.41, 5.74) is 17.2. The van der Waals surface area contributed by atoms with Crippen molar-refractivity contribution in [3.63, 3.8) is 0 Å². The van der Waals surface area contributed by atoms with E-state index in [1.165, 1.54) is 22.3 Å². The Morgan fingerprint density at radius 3 is 2.06 bits per heavy atom. The minimum absolute atomic E-state index is 0.0821. The third kappa shape index (κ3) is 4.04. The van der Waals surface area contributed by atoms with Crippen LogP contribution in [-0.4, -0.2) is 14.5 Å². The highest BCUT2D eigenvalue weighted by molar-refractivity contribution is 6.03. The van der Waals surface area contributed by atoms with Gasteiger partial charge in [0.15, 0.2) is 0 Å². The summed E-state index contributed by atoms with van der Waals surface area (Å²) < 4.78 is 2.33. The molecule has 0 atom stereocenters. The molecule has 0 saturated heterocycles. The Kier molecular flexibility index (Phi) is 5.89. The van der Waals surface area contributed by atoms with Crippen LogP contribution in [0.1, 0.15) is 25.0 Å². The first-order valence-corrected chi connectivity index (χ1v) is 16.8. The molecule has 8 aromatic rings. The molecule has 0 spiro atoms. The molecule has 0 bridgehead atoms. The van der Waals surface area contributed by atoms with Crippen LogP contribution in [0, 0.1) is 0 Å². The van der Waals surface area contributed by atoms with Crippen LogP contribution in [0.3, 0.4) is 0 Å². The second kappa shape index (κ2) is 10.4. The van der Waals surface area contributed by atoms with E-state index in [9.17, 15) is 0 Å². The molecule has 2 aliphatic rings. The molecule has 0 radical (unpaired) electrons. The van der Waals surface area contributed by atoms with E-state index in [1.54, 1.807) is 0 Å². The number of nitrogens with zero attached hydrogens (tertiary/aromatic N) is 4. The standard InChI is InChI=1S/C45H32N4/c1-45(2)38-18-8-6-14-33(38)34-26-25-32(28-39(34)45)48(30-12-4-3-5-13-30)31-23-21-29(22-24-31)44-47-40-19-10-16-36-35-17-11-27-46-42(35)37-15-7-9-20-41(37)49(44)43(36)40/h3-28H,1-2H3. The fourth-order valence-electron chi connectivity index (χ4n) is 8.09. The summed E-state index contributed by atoms with van der Waals surface area (Å²) in [6.07, 6.45) is 1.88. The molecule has 49 heavy (non-hydrogen) atoms. The average Bonchev–Trinajstić information content (AvgIpc) is 3.61. The first-order valence-electron chi connectivity index (χ1n) is 16.8. The number of rotatable bonds is 4. The van der Waals surface area contributed by atoms with Gasteiger partial charge in [0.25, 0.3) is 0 Å². The number of para-hydroxylation sites is 3. The van der Waals surface area contributed by atoms with Crippen LogP contribution in [0.5, 0.6) is 0 Å². The summed E-state index contributed by atoms with van der Waals surface area (Å²) in [7, 11) is 0. The van der Waals surface area contributed by atoms with Crippen LogP contribution in [-0.2, 0) is 5.41 Å². The van der Waals surface area contributed by atoms with Crippen molar-refractivity contribution in [1.29, 1.82) is 0 Å². The van der Waals surface area contributed by atoms with E-state index in [4.69, 9.17) is 9.97 Å². The fraction of sp³-hybridized carbons (Fsp3) is 0.0667. The number of anilines is 3. The number of benzene rings is 6. The summed E-state index contributed by atoms with van der Waals surface area (Å²) in [5, 5.41) is 0. The zero-order chi connectivity index (χ0) is 32.7. The normalized spacial score (nSPS) is 13.3. The lowest BCUT2D eigenvalue weighted by Crippen LogP contribution is -2.16. The zero-order valence-electron chi connectivity index (χ0n) is 27.3. The van der Waals surface area contributed by atoms with Crippen molar-refractivity contribution in [2.45, 2.75) is 19.3 Å². The maximum Gasteiger partial charge on any atom is 0.145 e. The van der Waals surface area contributed by atoms with Gasteiger partial charge in [-0.3, -0.25) is 9.55 Å². The molecule has 0 unspecified atom stereocenters. The second-order valence-electron chi connectivity index (χ2n) is 13.5. The number of hydrogen-bond donors (Lipinski definition) is 0. The van der Waals surface area contributed by atoms with Crippen LogP contribution in [0.2, 0.25) is 0 Å².